The molecule has 0 radical (unpaired) electrons. The Bertz CT molecular complexity index is 614. The van der Waals surface area contributed by atoms with Crippen LogP contribution in [0, 0.1) is 34.6 Å². The predicted octanol–water partition coefficient (Wildman–Crippen LogP) is 7.97. The van der Waals surface area contributed by atoms with Gasteiger partial charge >= 0.3 is 0 Å². The number of rotatable bonds is 0. The normalized spacial score (nSPS) is 10.0. The van der Waals surface area contributed by atoms with Crippen LogP contribution in [0.2, 0.25) is 0 Å². The molecule has 2 rings (SSSR count). The molecule has 0 bridgehead atoms. The molecule has 0 aliphatic carbocycles. The molecule has 24 heavy (non-hydrogen) atoms. The van der Waals surface area contributed by atoms with Gasteiger partial charge in [0.1, 0.15) is 0 Å². The fourth-order valence-corrected chi connectivity index (χ4v) is 4.62. The van der Waals surface area contributed by atoms with E-state index in [2.05, 4.69) is 129 Å². The Balaban J connectivity index is 0. The second-order valence-electron chi connectivity index (χ2n) is 5.61. The van der Waals surface area contributed by atoms with Gasteiger partial charge in [-0.1, -0.05) is 116 Å². The summed E-state index contributed by atoms with van der Waals surface area (Å²) in [5.41, 5.74) is 7.69. The quantitative estimate of drug-likeness (QED) is 0.189. The summed E-state index contributed by atoms with van der Waals surface area (Å²) in [6.45, 7) is 10.5. The van der Waals surface area contributed by atoms with Crippen LogP contribution in [0.1, 0.15) is 33.4 Å². The molecule has 0 nitrogen and oxygen atoms in total. The van der Waals surface area contributed by atoms with Crippen LogP contribution in [0.3, 0.4) is 0 Å². The minimum atomic E-state index is -0.345. The van der Waals surface area contributed by atoms with Crippen molar-refractivity contribution < 1.29 is 39.0 Å². The number of aryl methyl sites for hydroxylation is 5. The van der Waals surface area contributed by atoms with E-state index in [4.69, 9.17) is 0 Å². The largest absolute Gasteiger partial charge is 0.160 e. The molecular weight excluding hydrogens is 738 g/mol. The van der Waals surface area contributed by atoms with Crippen LogP contribution >= 0.6 is 63.7 Å². The summed E-state index contributed by atoms with van der Waals surface area (Å²) in [5.74, 6) is 0. The fraction of sp³-hybridized carbons (Fsp3) is 0.333. The first-order chi connectivity index (χ1) is 10.0. The number of benzene rings is 2. The van der Waals surface area contributed by atoms with Gasteiger partial charge in [-0.2, -0.15) is 0 Å². The van der Waals surface area contributed by atoms with E-state index < -0.39 is 0 Å². The summed E-state index contributed by atoms with van der Waals surface area (Å²) in [6, 6.07) is 10.8. The Morgan fingerprint density at radius 1 is 0.625 bits per heavy atom. The van der Waals surface area contributed by atoms with Crippen molar-refractivity contribution in [3.8, 4) is 0 Å². The third-order valence-electron chi connectivity index (χ3n) is 3.07. The average molecular weight is 758 g/mol. The number of hydrogen-bond donors (Lipinski definition) is 0. The monoisotopic (exact) mass is 756 g/mol. The predicted molar refractivity (Wildman–Crippen MR) is 113 cm³/mol. The van der Waals surface area contributed by atoms with Crippen molar-refractivity contribution in [1.82, 2.24) is 0 Å². The molecule has 0 N–H and O–H groups in total. The smallest absolute Gasteiger partial charge is 0.0564 e. The van der Waals surface area contributed by atoms with Crippen LogP contribution in [-0.4, -0.2) is 0 Å². The molecule has 0 saturated carbocycles. The van der Waals surface area contributed by atoms with Crippen LogP contribution in [0.25, 0.3) is 0 Å². The topological polar surface area (TPSA) is 0 Å². The molecule has 0 saturated heterocycles. The summed E-state index contributed by atoms with van der Waals surface area (Å²) < 4.78 is 0.770. The second kappa shape index (κ2) is 12.1. The summed E-state index contributed by atoms with van der Waals surface area (Å²) in [4.78, 5) is 0. The Morgan fingerprint density at radius 3 is 1.29 bits per heavy atom. The standard InChI is InChI=1S/C9H8Br4.C9H12.2Ru/c1-5-3-6(2)8(10)7(4-5)9(11,12)13;1-7-4-8(2)6-9(3)5-7;;/h3-4H,1-2H3;4-6H,1-3H3;;. The summed E-state index contributed by atoms with van der Waals surface area (Å²) >= 11 is 14.1. The maximum Gasteiger partial charge on any atom is 0.160 e. The zero-order chi connectivity index (χ0) is 17.1. The van der Waals surface area contributed by atoms with Crippen molar-refractivity contribution in [2.75, 3.05) is 0 Å². The van der Waals surface area contributed by atoms with Crippen molar-refractivity contribution in [2.45, 2.75) is 36.8 Å². The average Bonchev–Trinajstić information content (AvgIpc) is 2.31. The SMILES string of the molecule is Cc1cc(C)c(Br)c(C(Br)(Br)Br)c1.Cc1cc(C)cc(C)c1.[Ru].[Ru]. The third kappa shape index (κ3) is 9.52. The van der Waals surface area contributed by atoms with Gasteiger partial charge in [0, 0.05) is 49.0 Å². The van der Waals surface area contributed by atoms with Gasteiger partial charge in [0.25, 0.3) is 0 Å². The summed E-state index contributed by atoms with van der Waals surface area (Å²) in [7, 11) is 0. The Labute approximate surface area is 205 Å². The van der Waals surface area contributed by atoms with Crippen LogP contribution < -0.4 is 0 Å². The molecule has 136 valence electrons. The van der Waals surface area contributed by atoms with Gasteiger partial charge in [-0.3, -0.25) is 0 Å². The molecule has 0 heterocycles. The van der Waals surface area contributed by atoms with E-state index >= 15 is 0 Å². The molecule has 0 spiro atoms. The van der Waals surface area contributed by atoms with Crippen molar-refractivity contribution in [3.05, 3.63) is 68.2 Å². The van der Waals surface area contributed by atoms with Crippen molar-refractivity contribution in [2.24, 2.45) is 0 Å². The zero-order valence-corrected chi connectivity index (χ0v) is 23.9. The molecule has 0 aromatic heterocycles. The molecule has 0 aliphatic heterocycles. The van der Waals surface area contributed by atoms with Gasteiger partial charge < -0.3 is 0 Å². The summed E-state index contributed by atoms with van der Waals surface area (Å²) in [6.07, 6.45) is 0. The third-order valence-corrected chi connectivity index (χ3v) is 5.40. The Kier molecular flexibility index (Phi) is 14.1. The number of hydrogen-bond acceptors (Lipinski definition) is 0. The van der Waals surface area contributed by atoms with Gasteiger partial charge in [-0.25, -0.2) is 0 Å². The molecule has 0 amide bonds. The molecule has 0 unspecified atom stereocenters. The van der Waals surface area contributed by atoms with Gasteiger partial charge in [0.05, 0.1) is 0 Å². The van der Waals surface area contributed by atoms with Gasteiger partial charge in [-0.15, -0.1) is 0 Å². The van der Waals surface area contributed by atoms with E-state index in [1.54, 1.807) is 0 Å². The number of halogens is 4. The molecule has 2 aromatic rings. The van der Waals surface area contributed by atoms with Gasteiger partial charge in [0.15, 0.2) is 2.14 Å². The fourth-order valence-electron chi connectivity index (χ4n) is 2.36. The van der Waals surface area contributed by atoms with Crippen molar-refractivity contribution in [1.29, 1.82) is 0 Å². The van der Waals surface area contributed by atoms with Gasteiger partial charge in [-0.05, 0) is 40.2 Å². The maximum absolute atomic E-state index is 3.56. The van der Waals surface area contributed by atoms with Gasteiger partial charge in [0.2, 0.25) is 0 Å². The van der Waals surface area contributed by atoms with Crippen LogP contribution in [-0.2, 0) is 41.1 Å². The maximum atomic E-state index is 3.56. The molecule has 0 fully saturated rings. The molecule has 6 heteroatoms. The Morgan fingerprint density at radius 2 is 0.958 bits per heavy atom. The van der Waals surface area contributed by atoms with Crippen LogP contribution in [0.4, 0.5) is 0 Å². The van der Waals surface area contributed by atoms with E-state index in [1.807, 2.05) is 0 Å². The van der Waals surface area contributed by atoms with Crippen molar-refractivity contribution >= 4 is 63.7 Å². The molecule has 0 atom stereocenters. The summed E-state index contributed by atoms with van der Waals surface area (Å²) in [5, 5.41) is 0. The zero-order valence-electron chi connectivity index (χ0n) is 14.1. The number of alkyl halides is 3. The second-order valence-corrected chi connectivity index (χ2v) is 13.2. The van der Waals surface area contributed by atoms with E-state index in [9.17, 15) is 0 Å². The van der Waals surface area contributed by atoms with E-state index in [0.29, 0.717) is 0 Å². The van der Waals surface area contributed by atoms with E-state index in [1.165, 1.54) is 27.8 Å². The first-order valence-corrected chi connectivity index (χ1v) is 10.1. The first-order valence-electron chi connectivity index (χ1n) is 6.89. The van der Waals surface area contributed by atoms with E-state index in [-0.39, 0.29) is 41.1 Å². The molecule has 2 aromatic carbocycles. The Hall–Kier alpha value is 1.61. The molecule has 0 aliphatic rings. The van der Waals surface area contributed by atoms with Crippen LogP contribution in [0.5, 0.6) is 0 Å². The minimum absolute atomic E-state index is 0. The minimum Gasteiger partial charge on any atom is -0.0564 e. The first kappa shape index (κ1) is 27.8. The van der Waals surface area contributed by atoms with E-state index in [0.717, 1.165) is 10.0 Å². The van der Waals surface area contributed by atoms with Crippen molar-refractivity contribution in [3.63, 3.8) is 0 Å². The van der Waals surface area contributed by atoms with Crippen LogP contribution in [0.15, 0.2) is 34.8 Å². The molecular formula is C18H20Br4Ru2.